The predicted molar refractivity (Wildman–Crippen MR) is 136 cm³/mol. The van der Waals surface area contributed by atoms with E-state index in [1.165, 1.54) is 10.4 Å². The van der Waals surface area contributed by atoms with Crippen LogP contribution in [-0.4, -0.2) is 54.2 Å². The van der Waals surface area contributed by atoms with Gasteiger partial charge >= 0.3 is 0 Å². The Morgan fingerprint density at radius 3 is 2.88 bits per heavy atom. The largest absolute Gasteiger partial charge is 0.494 e. The van der Waals surface area contributed by atoms with Gasteiger partial charge in [0.2, 0.25) is 5.91 Å². The normalized spacial score (nSPS) is 20.1. The summed E-state index contributed by atoms with van der Waals surface area (Å²) in [5, 5.41) is 4.45. The number of fused-ring (bicyclic) bond motifs is 3. The van der Waals surface area contributed by atoms with E-state index in [0.717, 1.165) is 40.1 Å². The molecule has 3 N–H and O–H groups in total. The van der Waals surface area contributed by atoms with Gasteiger partial charge in [0.15, 0.2) is 0 Å². The summed E-state index contributed by atoms with van der Waals surface area (Å²) < 4.78 is 11.0. The molecule has 0 saturated carbocycles. The van der Waals surface area contributed by atoms with Crippen LogP contribution in [0, 0.1) is 5.41 Å². The molecular weight excluding hydrogens is 450 g/mol. The molecule has 34 heavy (non-hydrogen) atoms. The number of aryl methyl sites for hydroxylation is 1. The first-order valence-electron chi connectivity index (χ1n) is 11.4. The zero-order valence-corrected chi connectivity index (χ0v) is 20.3. The van der Waals surface area contributed by atoms with Crippen LogP contribution < -0.4 is 15.8 Å². The van der Waals surface area contributed by atoms with Crippen LogP contribution in [-0.2, 0) is 22.4 Å². The SMILES string of the molecule is C=Cc1cc(Nc2ncnc3sc4c(c23)CCC(C)(C(=O)N2CCOCC2)C4)c(OC)cc1N. The van der Waals surface area contributed by atoms with E-state index in [9.17, 15) is 4.79 Å². The van der Waals surface area contributed by atoms with Gasteiger partial charge in [0.05, 0.1) is 36.8 Å². The van der Waals surface area contributed by atoms with Gasteiger partial charge in [-0.1, -0.05) is 19.6 Å². The van der Waals surface area contributed by atoms with Crippen LogP contribution in [0.2, 0.25) is 0 Å². The van der Waals surface area contributed by atoms with Crippen molar-refractivity contribution in [1.82, 2.24) is 14.9 Å². The van der Waals surface area contributed by atoms with Crippen LogP contribution in [0.1, 0.15) is 29.3 Å². The minimum atomic E-state index is -0.411. The summed E-state index contributed by atoms with van der Waals surface area (Å²) in [6.45, 7) is 8.51. The number of carbonyl (C=O) groups is 1. The Labute approximate surface area is 202 Å². The predicted octanol–water partition coefficient (Wildman–Crippen LogP) is 4.02. The molecule has 1 fully saturated rings. The molecule has 1 aromatic carbocycles. The molecule has 3 heterocycles. The summed E-state index contributed by atoms with van der Waals surface area (Å²) in [5.41, 5.74) is 9.09. The first-order valence-corrected chi connectivity index (χ1v) is 12.2. The highest BCUT2D eigenvalue weighted by Crippen LogP contribution is 2.45. The molecule has 0 spiro atoms. The number of amides is 1. The quantitative estimate of drug-likeness (QED) is 0.533. The number of carbonyl (C=O) groups excluding carboxylic acids is 1. The number of nitrogens with zero attached hydrogens (tertiary/aromatic N) is 3. The first kappa shape index (κ1) is 22.6. The van der Waals surface area contributed by atoms with E-state index < -0.39 is 5.41 Å². The highest BCUT2D eigenvalue weighted by atomic mass is 32.1. The van der Waals surface area contributed by atoms with E-state index in [4.69, 9.17) is 15.2 Å². The van der Waals surface area contributed by atoms with Crippen molar-refractivity contribution < 1.29 is 14.3 Å². The van der Waals surface area contributed by atoms with Crippen LogP contribution in [0.3, 0.4) is 0 Å². The molecular formula is C25H29N5O3S. The minimum Gasteiger partial charge on any atom is -0.494 e. The van der Waals surface area contributed by atoms with Gasteiger partial charge in [-0.3, -0.25) is 4.79 Å². The number of nitrogens with one attached hydrogen (secondary N) is 1. The fourth-order valence-corrected chi connectivity index (χ4v) is 6.27. The molecule has 2 aromatic heterocycles. The van der Waals surface area contributed by atoms with Crippen molar-refractivity contribution in [2.45, 2.75) is 26.2 Å². The molecule has 0 bridgehead atoms. The molecule has 1 amide bonds. The highest BCUT2D eigenvalue weighted by Gasteiger charge is 2.41. The van der Waals surface area contributed by atoms with Crippen LogP contribution >= 0.6 is 11.3 Å². The number of methoxy groups -OCH3 is 1. The van der Waals surface area contributed by atoms with Crippen molar-refractivity contribution in [3.63, 3.8) is 0 Å². The van der Waals surface area contributed by atoms with E-state index in [0.29, 0.717) is 44.2 Å². The second-order valence-electron chi connectivity index (χ2n) is 9.06. The molecule has 2 aliphatic rings. The van der Waals surface area contributed by atoms with Gasteiger partial charge in [-0.05, 0) is 36.5 Å². The van der Waals surface area contributed by atoms with E-state index in [1.54, 1.807) is 36.9 Å². The lowest BCUT2D eigenvalue weighted by Gasteiger charge is -2.38. The lowest BCUT2D eigenvalue weighted by Crippen LogP contribution is -2.49. The van der Waals surface area contributed by atoms with Gasteiger partial charge in [0.1, 0.15) is 22.7 Å². The Morgan fingerprint density at radius 2 is 2.15 bits per heavy atom. The molecule has 0 radical (unpaired) electrons. The lowest BCUT2D eigenvalue weighted by atomic mass is 9.74. The number of benzene rings is 1. The number of thiophene rings is 1. The van der Waals surface area contributed by atoms with E-state index >= 15 is 0 Å². The van der Waals surface area contributed by atoms with Gasteiger partial charge < -0.3 is 25.4 Å². The number of anilines is 3. The summed E-state index contributed by atoms with van der Waals surface area (Å²) in [5.74, 6) is 1.58. The average Bonchev–Trinajstić information content (AvgIpc) is 3.23. The number of hydrogen-bond acceptors (Lipinski definition) is 8. The monoisotopic (exact) mass is 479 g/mol. The maximum atomic E-state index is 13.4. The Kier molecular flexibility index (Phi) is 5.91. The van der Waals surface area contributed by atoms with Crippen molar-refractivity contribution in [2.75, 3.05) is 44.5 Å². The molecule has 5 rings (SSSR count). The number of aromatic nitrogens is 2. The molecule has 3 aromatic rings. The van der Waals surface area contributed by atoms with Gasteiger partial charge in [-0.25, -0.2) is 9.97 Å². The third-order valence-corrected chi connectivity index (χ3v) is 7.98. The first-order chi connectivity index (χ1) is 16.4. The number of nitrogen functional groups attached to an aromatic ring is 1. The standard InChI is InChI=1S/C25H29N5O3S/c1-4-15-11-18(19(32-3)12-17(15)26)29-22-21-16-5-6-25(2,24(31)30-7-9-33-10-8-30)13-20(16)34-23(21)28-14-27-22/h4,11-12,14H,1,5-10,13,26H2,2-3H3,(H,27,28,29). The maximum absolute atomic E-state index is 13.4. The fraction of sp³-hybridized carbons (Fsp3) is 0.400. The second kappa shape index (κ2) is 8.88. The average molecular weight is 480 g/mol. The van der Waals surface area contributed by atoms with Gasteiger partial charge in [-0.2, -0.15) is 0 Å². The molecule has 1 atom stereocenters. The summed E-state index contributed by atoms with van der Waals surface area (Å²) in [6.07, 6.45) is 5.60. The molecule has 8 nitrogen and oxygen atoms in total. The zero-order chi connectivity index (χ0) is 23.9. The topological polar surface area (TPSA) is 103 Å². The Hall–Kier alpha value is -3.17. The number of hydrogen-bond donors (Lipinski definition) is 2. The van der Waals surface area contributed by atoms with Crippen molar-refractivity contribution >= 4 is 50.7 Å². The number of morpholine rings is 1. The number of nitrogens with two attached hydrogens (primary N) is 1. The second-order valence-corrected chi connectivity index (χ2v) is 10.1. The minimum absolute atomic E-state index is 0.229. The Morgan fingerprint density at radius 1 is 1.35 bits per heavy atom. The smallest absolute Gasteiger partial charge is 0.229 e. The highest BCUT2D eigenvalue weighted by molar-refractivity contribution is 7.19. The fourth-order valence-electron chi connectivity index (χ4n) is 4.90. The molecule has 1 unspecified atom stereocenters. The van der Waals surface area contributed by atoms with E-state index in [1.807, 2.05) is 11.0 Å². The molecule has 1 aliphatic heterocycles. The molecule has 1 aliphatic carbocycles. The van der Waals surface area contributed by atoms with Gasteiger partial charge in [-0.15, -0.1) is 11.3 Å². The van der Waals surface area contributed by atoms with Crippen molar-refractivity contribution in [2.24, 2.45) is 5.41 Å². The van der Waals surface area contributed by atoms with E-state index in [-0.39, 0.29) is 5.91 Å². The van der Waals surface area contributed by atoms with Crippen molar-refractivity contribution in [1.29, 1.82) is 0 Å². The van der Waals surface area contributed by atoms with Crippen molar-refractivity contribution in [3.8, 4) is 5.75 Å². The summed E-state index contributed by atoms with van der Waals surface area (Å²) >= 11 is 1.66. The Bertz CT molecular complexity index is 1270. The van der Waals surface area contributed by atoms with Crippen LogP contribution in [0.15, 0.2) is 25.0 Å². The maximum Gasteiger partial charge on any atom is 0.229 e. The van der Waals surface area contributed by atoms with Crippen LogP contribution in [0.4, 0.5) is 17.2 Å². The molecule has 178 valence electrons. The van der Waals surface area contributed by atoms with Crippen LogP contribution in [0.25, 0.3) is 16.3 Å². The van der Waals surface area contributed by atoms with Crippen LogP contribution in [0.5, 0.6) is 5.75 Å². The third kappa shape index (κ3) is 3.88. The van der Waals surface area contributed by atoms with E-state index in [2.05, 4.69) is 28.8 Å². The molecule has 9 heteroatoms. The zero-order valence-electron chi connectivity index (χ0n) is 19.5. The summed E-state index contributed by atoms with van der Waals surface area (Å²) in [7, 11) is 1.61. The number of rotatable bonds is 5. The van der Waals surface area contributed by atoms with Crippen molar-refractivity contribution in [3.05, 3.63) is 41.0 Å². The molecule has 1 saturated heterocycles. The Balaban J connectivity index is 1.49. The lowest BCUT2D eigenvalue weighted by molar-refractivity contribution is -0.146. The summed E-state index contributed by atoms with van der Waals surface area (Å²) in [6, 6.07) is 3.69. The summed E-state index contributed by atoms with van der Waals surface area (Å²) in [4.78, 5) is 26.6. The third-order valence-electron chi connectivity index (χ3n) is 6.84. The van der Waals surface area contributed by atoms with Gasteiger partial charge in [0, 0.05) is 29.7 Å². The number of ether oxygens (including phenoxy) is 2. The van der Waals surface area contributed by atoms with Gasteiger partial charge in [0.25, 0.3) is 0 Å².